The zero-order chi connectivity index (χ0) is 11.5. The molecule has 0 aromatic carbocycles. The van der Waals surface area contributed by atoms with Gasteiger partial charge in [0.2, 0.25) is 0 Å². The Morgan fingerprint density at radius 2 is 2.31 bits per heavy atom. The number of aromatic amines is 1. The van der Waals surface area contributed by atoms with Crippen LogP contribution in [0.25, 0.3) is 5.82 Å². The minimum absolute atomic E-state index is 0.135. The van der Waals surface area contributed by atoms with E-state index in [0.29, 0.717) is 10.3 Å². The Kier molecular flexibility index (Phi) is 3.19. The summed E-state index contributed by atoms with van der Waals surface area (Å²) in [5, 5.41) is 3.02. The molecule has 0 bridgehead atoms. The predicted molar refractivity (Wildman–Crippen MR) is 63.7 cm³/mol. The number of aromatic nitrogens is 4. The summed E-state index contributed by atoms with van der Waals surface area (Å²) in [5.74, 6) is 0.496. The molecule has 0 unspecified atom stereocenters. The van der Waals surface area contributed by atoms with Gasteiger partial charge < -0.3 is 0 Å². The van der Waals surface area contributed by atoms with Crippen LogP contribution in [0, 0.1) is 0 Å². The smallest absolute Gasteiger partial charge is 0.287 e. The molecule has 0 aliphatic carbocycles. The molecule has 0 spiro atoms. The summed E-state index contributed by atoms with van der Waals surface area (Å²) in [5.41, 5.74) is 0.752. The maximum Gasteiger partial charge on any atom is 0.287 e. The predicted octanol–water partition coefficient (Wildman–Crippen LogP) is 1.67. The lowest BCUT2D eigenvalue weighted by atomic mass is 10.3. The lowest BCUT2D eigenvalue weighted by Gasteiger charge is -1.98. The summed E-state index contributed by atoms with van der Waals surface area (Å²) < 4.78 is 1.96. The van der Waals surface area contributed by atoms with Crippen LogP contribution in [-0.4, -0.2) is 19.7 Å². The molecule has 0 aliphatic rings. The van der Waals surface area contributed by atoms with E-state index in [1.807, 2.05) is 0 Å². The second-order valence-electron chi connectivity index (χ2n) is 3.36. The molecule has 0 radical (unpaired) electrons. The molecule has 2 heterocycles. The summed E-state index contributed by atoms with van der Waals surface area (Å²) in [4.78, 5) is 19.9. The van der Waals surface area contributed by atoms with E-state index in [2.05, 4.69) is 37.9 Å². The quantitative estimate of drug-likeness (QED) is 0.932. The number of H-pyrrole nitrogens is 1. The fourth-order valence-corrected chi connectivity index (χ4v) is 1.91. The van der Waals surface area contributed by atoms with Gasteiger partial charge in [0.25, 0.3) is 5.56 Å². The Labute approximate surface area is 101 Å². The SMILES string of the molecule is CCCc1[nH]n(-c2cnccn2)c(=O)c1Br. The molecule has 0 amide bonds. The first-order valence-electron chi connectivity index (χ1n) is 4.99. The summed E-state index contributed by atoms with van der Waals surface area (Å²) in [7, 11) is 0. The molecule has 0 atom stereocenters. The van der Waals surface area contributed by atoms with Crippen molar-refractivity contribution in [1.29, 1.82) is 0 Å². The van der Waals surface area contributed by atoms with Gasteiger partial charge in [0, 0.05) is 12.4 Å². The zero-order valence-electron chi connectivity index (χ0n) is 8.77. The molecule has 2 aromatic rings. The van der Waals surface area contributed by atoms with Gasteiger partial charge in [-0.2, -0.15) is 4.68 Å². The molecular formula is C10H11BrN4O. The van der Waals surface area contributed by atoms with Crippen molar-refractivity contribution in [3.05, 3.63) is 39.1 Å². The van der Waals surface area contributed by atoms with Gasteiger partial charge in [-0.15, -0.1) is 0 Å². The molecule has 16 heavy (non-hydrogen) atoms. The van der Waals surface area contributed by atoms with Gasteiger partial charge in [-0.1, -0.05) is 13.3 Å². The third kappa shape index (κ3) is 1.92. The molecule has 84 valence electrons. The average Bonchev–Trinajstić information content (AvgIpc) is 2.59. The van der Waals surface area contributed by atoms with E-state index < -0.39 is 0 Å². The number of nitrogens with zero attached hydrogens (tertiary/aromatic N) is 3. The van der Waals surface area contributed by atoms with Gasteiger partial charge in [-0.3, -0.25) is 14.9 Å². The number of hydrogen-bond donors (Lipinski definition) is 1. The Morgan fingerprint density at radius 1 is 1.50 bits per heavy atom. The summed E-state index contributed by atoms with van der Waals surface area (Å²) in [6.45, 7) is 2.06. The molecule has 2 aromatic heterocycles. The molecule has 0 saturated heterocycles. The van der Waals surface area contributed by atoms with Gasteiger partial charge in [0.1, 0.15) is 4.47 Å². The number of aryl methyl sites for hydroxylation is 1. The van der Waals surface area contributed by atoms with Crippen LogP contribution in [0.15, 0.2) is 27.9 Å². The highest BCUT2D eigenvalue weighted by Crippen LogP contribution is 2.12. The minimum atomic E-state index is -0.135. The monoisotopic (exact) mass is 282 g/mol. The van der Waals surface area contributed by atoms with Crippen LogP contribution in [0.4, 0.5) is 0 Å². The van der Waals surface area contributed by atoms with Crippen molar-refractivity contribution < 1.29 is 0 Å². The van der Waals surface area contributed by atoms with Crippen LogP contribution >= 0.6 is 15.9 Å². The third-order valence-electron chi connectivity index (χ3n) is 2.18. The first-order chi connectivity index (χ1) is 7.74. The van der Waals surface area contributed by atoms with E-state index in [1.165, 1.54) is 4.68 Å². The summed E-state index contributed by atoms with van der Waals surface area (Å²) >= 11 is 3.29. The fourth-order valence-electron chi connectivity index (χ4n) is 1.45. The Morgan fingerprint density at radius 3 is 2.94 bits per heavy atom. The average molecular weight is 283 g/mol. The van der Waals surface area contributed by atoms with Crippen LogP contribution in [-0.2, 0) is 6.42 Å². The number of halogens is 1. The van der Waals surface area contributed by atoms with Crippen molar-refractivity contribution in [1.82, 2.24) is 19.7 Å². The molecule has 0 fully saturated rings. The topological polar surface area (TPSA) is 63.6 Å². The molecule has 6 heteroatoms. The van der Waals surface area contributed by atoms with Crippen molar-refractivity contribution in [3.63, 3.8) is 0 Å². The second kappa shape index (κ2) is 4.61. The fraction of sp³-hybridized carbons (Fsp3) is 0.300. The van der Waals surface area contributed by atoms with E-state index in [9.17, 15) is 4.79 Å². The highest BCUT2D eigenvalue weighted by molar-refractivity contribution is 9.10. The molecule has 0 saturated carbocycles. The first kappa shape index (κ1) is 11.1. The standard InChI is InChI=1S/C10H11BrN4O/c1-2-3-7-9(11)10(16)15(14-7)8-6-12-4-5-13-8/h4-6,14H,2-3H2,1H3. The van der Waals surface area contributed by atoms with Crippen molar-refractivity contribution >= 4 is 15.9 Å². The van der Waals surface area contributed by atoms with Crippen LogP contribution in [0.2, 0.25) is 0 Å². The van der Waals surface area contributed by atoms with Gasteiger partial charge in [0.15, 0.2) is 5.82 Å². The van der Waals surface area contributed by atoms with E-state index >= 15 is 0 Å². The van der Waals surface area contributed by atoms with Gasteiger partial charge in [-0.05, 0) is 22.4 Å². The van der Waals surface area contributed by atoms with Crippen molar-refractivity contribution in [2.24, 2.45) is 0 Å². The lowest BCUT2D eigenvalue weighted by Crippen LogP contribution is -2.15. The second-order valence-corrected chi connectivity index (χ2v) is 4.15. The minimum Gasteiger partial charge on any atom is -0.292 e. The normalized spacial score (nSPS) is 10.6. The maximum absolute atomic E-state index is 11.9. The molecule has 1 N–H and O–H groups in total. The number of hydrogen-bond acceptors (Lipinski definition) is 3. The lowest BCUT2D eigenvalue weighted by molar-refractivity contribution is 0.771. The summed E-state index contributed by atoms with van der Waals surface area (Å²) in [6, 6.07) is 0. The van der Waals surface area contributed by atoms with Crippen LogP contribution in [0.1, 0.15) is 19.0 Å². The van der Waals surface area contributed by atoms with Crippen LogP contribution in [0.5, 0.6) is 0 Å². The van der Waals surface area contributed by atoms with Crippen molar-refractivity contribution in [2.75, 3.05) is 0 Å². The Bertz CT molecular complexity index is 531. The van der Waals surface area contributed by atoms with Gasteiger partial charge >= 0.3 is 0 Å². The number of nitrogens with one attached hydrogen (secondary N) is 1. The van der Waals surface area contributed by atoms with Gasteiger partial charge in [0.05, 0.1) is 11.9 Å². The van der Waals surface area contributed by atoms with Crippen molar-refractivity contribution in [3.8, 4) is 5.82 Å². The highest BCUT2D eigenvalue weighted by Gasteiger charge is 2.12. The van der Waals surface area contributed by atoms with E-state index in [1.54, 1.807) is 18.6 Å². The van der Waals surface area contributed by atoms with Gasteiger partial charge in [-0.25, -0.2) is 4.98 Å². The Hall–Kier alpha value is -1.43. The van der Waals surface area contributed by atoms with Crippen LogP contribution < -0.4 is 5.56 Å². The van der Waals surface area contributed by atoms with Crippen molar-refractivity contribution in [2.45, 2.75) is 19.8 Å². The molecule has 5 nitrogen and oxygen atoms in total. The Balaban J connectivity index is 2.51. The molecular weight excluding hydrogens is 272 g/mol. The third-order valence-corrected chi connectivity index (χ3v) is 3.00. The molecule has 0 aliphatic heterocycles. The largest absolute Gasteiger partial charge is 0.292 e. The zero-order valence-corrected chi connectivity index (χ0v) is 10.4. The summed E-state index contributed by atoms with van der Waals surface area (Å²) in [6.07, 6.45) is 6.46. The number of rotatable bonds is 3. The molecule has 2 rings (SSSR count). The highest BCUT2D eigenvalue weighted by atomic mass is 79.9. The maximum atomic E-state index is 11.9. The van der Waals surface area contributed by atoms with E-state index in [-0.39, 0.29) is 5.56 Å². The van der Waals surface area contributed by atoms with E-state index in [4.69, 9.17) is 0 Å². The first-order valence-corrected chi connectivity index (χ1v) is 5.79. The van der Waals surface area contributed by atoms with Crippen LogP contribution in [0.3, 0.4) is 0 Å². The van der Waals surface area contributed by atoms with E-state index in [0.717, 1.165) is 18.5 Å².